The second-order valence-electron chi connectivity index (χ2n) is 5.71. The van der Waals surface area contributed by atoms with Crippen LogP contribution in [0, 0.1) is 0 Å². The number of nitrogens with zero attached hydrogens (tertiary/aromatic N) is 2. The number of ketones is 1. The number of thioether (sulfide) groups is 1. The minimum atomic E-state index is -0.0256. The summed E-state index contributed by atoms with van der Waals surface area (Å²) >= 11 is 2.73. The number of carbonyl (C=O) groups is 1. The molecule has 1 heterocycles. The van der Waals surface area contributed by atoms with Crippen LogP contribution in [0.25, 0.3) is 0 Å². The third-order valence-electron chi connectivity index (χ3n) is 3.87. The van der Waals surface area contributed by atoms with Crippen molar-refractivity contribution in [2.45, 2.75) is 11.3 Å². The van der Waals surface area contributed by atoms with Crippen LogP contribution >= 0.6 is 23.1 Å². The Morgan fingerprint density at radius 1 is 1.07 bits per heavy atom. The Balaban J connectivity index is 1.61. The number of hydrogen-bond donors (Lipinski definition) is 1. The van der Waals surface area contributed by atoms with E-state index in [1.54, 1.807) is 32.4 Å². The van der Waals surface area contributed by atoms with E-state index in [0.29, 0.717) is 33.1 Å². The first kappa shape index (κ1) is 20.9. The van der Waals surface area contributed by atoms with Gasteiger partial charge in [-0.15, -0.1) is 10.2 Å². The highest BCUT2D eigenvalue weighted by Crippen LogP contribution is 2.32. The highest BCUT2D eigenvalue weighted by Gasteiger charge is 2.14. The van der Waals surface area contributed by atoms with Crippen molar-refractivity contribution < 1.29 is 19.0 Å². The Labute approximate surface area is 177 Å². The molecule has 9 heteroatoms. The average Bonchev–Trinajstić information content (AvgIpc) is 3.20. The van der Waals surface area contributed by atoms with E-state index >= 15 is 0 Å². The van der Waals surface area contributed by atoms with Crippen molar-refractivity contribution in [1.82, 2.24) is 10.2 Å². The number of hydrogen-bond acceptors (Lipinski definition) is 9. The molecular formula is C20H21N3O4S2. The number of carbonyl (C=O) groups excluding carboxylic acids is 1. The highest BCUT2D eigenvalue weighted by atomic mass is 32.2. The van der Waals surface area contributed by atoms with Crippen molar-refractivity contribution in [2.24, 2.45) is 0 Å². The second-order valence-corrected chi connectivity index (χ2v) is 7.91. The molecule has 1 aromatic heterocycles. The molecule has 2 aromatic carbocycles. The summed E-state index contributed by atoms with van der Waals surface area (Å²) in [5.74, 6) is 2.09. The Hall–Kier alpha value is -2.78. The van der Waals surface area contributed by atoms with E-state index in [9.17, 15) is 4.79 Å². The predicted octanol–water partition coefficient (Wildman–Crippen LogP) is 4.67. The molecule has 3 rings (SSSR count). The van der Waals surface area contributed by atoms with Crippen molar-refractivity contribution in [3.63, 3.8) is 0 Å². The van der Waals surface area contributed by atoms with Crippen molar-refractivity contribution in [1.29, 1.82) is 0 Å². The van der Waals surface area contributed by atoms with Gasteiger partial charge in [-0.25, -0.2) is 0 Å². The molecule has 0 atom stereocenters. The number of aromatic nitrogens is 2. The zero-order valence-corrected chi connectivity index (χ0v) is 17.9. The normalized spacial score (nSPS) is 10.4. The van der Waals surface area contributed by atoms with Gasteiger partial charge < -0.3 is 19.5 Å². The topological polar surface area (TPSA) is 82.6 Å². The van der Waals surface area contributed by atoms with Crippen LogP contribution in [0.3, 0.4) is 0 Å². The molecule has 29 heavy (non-hydrogen) atoms. The number of ether oxygens (including phenoxy) is 3. The van der Waals surface area contributed by atoms with Crippen LogP contribution < -0.4 is 19.5 Å². The van der Waals surface area contributed by atoms with Crippen LogP contribution in [0.5, 0.6) is 17.2 Å². The molecule has 0 aliphatic carbocycles. The summed E-state index contributed by atoms with van der Waals surface area (Å²) in [4.78, 5) is 12.5. The predicted molar refractivity (Wildman–Crippen MR) is 115 cm³/mol. The number of methoxy groups -OCH3 is 2. The molecule has 0 bridgehead atoms. The molecule has 0 aliphatic rings. The van der Waals surface area contributed by atoms with Gasteiger partial charge in [0.25, 0.3) is 0 Å². The van der Waals surface area contributed by atoms with Crippen LogP contribution in [0.4, 0.5) is 10.8 Å². The quantitative estimate of drug-likeness (QED) is 0.366. The Bertz CT molecular complexity index is 978. The maximum atomic E-state index is 12.5. The summed E-state index contributed by atoms with van der Waals surface area (Å²) in [6.07, 6.45) is 0. The molecule has 0 spiro atoms. The number of Topliss-reactive ketones (excluding diaryl/α,β-unsaturated/α-hetero) is 1. The van der Waals surface area contributed by atoms with Crippen LogP contribution in [0.1, 0.15) is 17.3 Å². The van der Waals surface area contributed by atoms with Gasteiger partial charge in [-0.2, -0.15) is 0 Å². The molecule has 7 nitrogen and oxygen atoms in total. The molecular weight excluding hydrogens is 410 g/mol. The van der Waals surface area contributed by atoms with E-state index in [1.165, 1.54) is 23.1 Å². The third kappa shape index (κ3) is 5.39. The van der Waals surface area contributed by atoms with Gasteiger partial charge in [0, 0.05) is 5.56 Å². The number of anilines is 2. The minimum absolute atomic E-state index is 0.0256. The Kier molecular flexibility index (Phi) is 7.31. The van der Waals surface area contributed by atoms with E-state index in [4.69, 9.17) is 14.2 Å². The third-order valence-corrected chi connectivity index (χ3v) is 5.84. The molecule has 1 N–H and O–H groups in total. The fourth-order valence-electron chi connectivity index (χ4n) is 2.51. The maximum Gasteiger partial charge on any atom is 0.210 e. The summed E-state index contributed by atoms with van der Waals surface area (Å²) in [7, 11) is 3.10. The van der Waals surface area contributed by atoms with Crippen molar-refractivity contribution in [2.75, 3.05) is 31.9 Å². The maximum absolute atomic E-state index is 12.5. The summed E-state index contributed by atoms with van der Waals surface area (Å²) in [5.41, 5.74) is 1.38. The molecule has 0 unspecified atom stereocenters. The standard InChI is InChI=1S/C20H21N3O4S2/c1-4-27-16-8-6-5-7-14(16)21-19-22-23-20(29-19)28-12-15(24)13-9-10-17(25-2)18(11-13)26-3/h5-11H,4,12H2,1-3H3,(H,21,22). The van der Waals surface area contributed by atoms with Crippen LogP contribution in [0.15, 0.2) is 46.8 Å². The van der Waals surface area contributed by atoms with Crippen molar-refractivity contribution in [3.05, 3.63) is 48.0 Å². The zero-order chi connectivity index (χ0) is 20.6. The average molecular weight is 432 g/mol. The number of nitrogens with one attached hydrogen (secondary N) is 1. The minimum Gasteiger partial charge on any atom is -0.493 e. The van der Waals surface area contributed by atoms with Gasteiger partial charge in [-0.05, 0) is 37.3 Å². The van der Waals surface area contributed by atoms with E-state index in [1.807, 2.05) is 31.2 Å². The van der Waals surface area contributed by atoms with Crippen LogP contribution in [0.2, 0.25) is 0 Å². The summed E-state index contributed by atoms with van der Waals surface area (Å²) in [6.45, 7) is 2.51. The monoisotopic (exact) mass is 431 g/mol. The van der Waals surface area contributed by atoms with Crippen molar-refractivity contribution >= 4 is 39.7 Å². The van der Waals surface area contributed by atoms with Crippen molar-refractivity contribution in [3.8, 4) is 17.2 Å². The number of para-hydroxylation sites is 2. The molecule has 0 saturated heterocycles. The van der Waals surface area contributed by atoms with Gasteiger partial charge in [0.15, 0.2) is 21.6 Å². The van der Waals surface area contributed by atoms with Gasteiger partial charge in [0.2, 0.25) is 5.13 Å². The molecule has 0 radical (unpaired) electrons. The van der Waals surface area contributed by atoms with E-state index in [-0.39, 0.29) is 11.5 Å². The molecule has 0 saturated carbocycles. The number of benzene rings is 2. The van der Waals surface area contributed by atoms with Gasteiger partial charge >= 0.3 is 0 Å². The first-order valence-electron chi connectivity index (χ1n) is 8.85. The SMILES string of the molecule is CCOc1ccccc1Nc1nnc(SCC(=O)c2ccc(OC)c(OC)c2)s1. The molecule has 0 aliphatic heterocycles. The molecule has 3 aromatic rings. The molecule has 0 fully saturated rings. The zero-order valence-electron chi connectivity index (χ0n) is 16.3. The first-order valence-corrected chi connectivity index (χ1v) is 10.6. The van der Waals surface area contributed by atoms with Crippen LogP contribution in [-0.2, 0) is 0 Å². The second kappa shape index (κ2) is 10.1. The van der Waals surface area contributed by atoms with Gasteiger partial charge in [-0.1, -0.05) is 35.2 Å². The van der Waals surface area contributed by atoms with Gasteiger partial charge in [0.05, 0.1) is 32.3 Å². The summed E-state index contributed by atoms with van der Waals surface area (Å²) in [5, 5.41) is 12.1. The lowest BCUT2D eigenvalue weighted by Crippen LogP contribution is -2.03. The van der Waals surface area contributed by atoms with Gasteiger partial charge in [-0.3, -0.25) is 4.79 Å². The lowest BCUT2D eigenvalue weighted by molar-refractivity contribution is 0.102. The fraction of sp³-hybridized carbons (Fsp3) is 0.250. The van der Waals surface area contributed by atoms with E-state index < -0.39 is 0 Å². The summed E-state index contributed by atoms with van der Waals surface area (Å²) in [6, 6.07) is 12.8. The lowest BCUT2D eigenvalue weighted by atomic mass is 10.1. The molecule has 0 amide bonds. The Morgan fingerprint density at radius 2 is 1.86 bits per heavy atom. The van der Waals surface area contributed by atoms with E-state index in [0.717, 1.165) is 11.4 Å². The smallest absolute Gasteiger partial charge is 0.210 e. The fourth-order valence-corrected chi connectivity index (χ4v) is 4.16. The molecule has 152 valence electrons. The van der Waals surface area contributed by atoms with Crippen LogP contribution in [-0.4, -0.2) is 42.6 Å². The highest BCUT2D eigenvalue weighted by molar-refractivity contribution is 8.01. The Morgan fingerprint density at radius 3 is 2.62 bits per heavy atom. The largest absolute Gasteiger partial charge is 0.493 e. The lowest BCUT2D eigenvalue weighted by Gasteiger charge is -2.09. The number of rotatable bonds is 10. The summed E-state index contributed by atoms with van der Waals surface area (Å²) < 4.78 is 16.8. The van der Waals surface area contributed by atoms with E-state index in [2.05, 4.69) is 15.5 Å². The van der Waals surface area contributed by atoms with Gasteiger partial charge in [0.1, 0.15) is 5.75 Å². The first-order chi connectivity index (χ1) is 14.1.